The number of amides is 2. The van der Waals surface area contributed by atoms with E-state index in [0.717, 1.165) is 12.0 Å². The molecular weight excluding hydrogens is 306 g/mol. The van der Waals surface area contributed by atoms with Crippen LogP contribution in [0.5, 0.6) is 0 Å². The Kier molecular flexibility index (Phi) is 4.62. The minimum absolute atomic E-state index is 0.185. The van der Waals surface area contributed by atoms with E-state index in [1.807, 2.05) is 6.07 Å². The minimum atomic E-state index is -0.484. The Balaban J connectivity index is 1.63. The van der Waals surface area contributed by atoms with Crippen molar-refractivity contribution in [3.8, 4) is 6.07 Å². The molecule has 0 aliphatic carbocycles. The van der Waals surface area contributed by atoms with E-state index < -0.39 is 6.04 Å². The maximum Gasteiger partial charge on any atom is 0.290 e. The third-order valence-electron chi connectivity index (χ3n) is 4.07. The summed E-state index contributed by atoms with van der Waals surface area (Å²) in [4.78, 5) is 26.4. The second-order valence-corrected chi connectivity index (χ2v) is 5.66. The Morgan fingerprint density at radius 3 is 2.96 bits per heavy atom. The van der Waals surface area contributed by atoms with Gasteiger partial charge in [-0.3, -0.25) is 9.59 Å². The fourth-order valence-corrected chi connectivity index (χ4v) is 2.88. The lowest BCUT2D eigenvalue weighted by molar-refractivity contribution is -0.125. The zero-order valence-corrected chi connectivity index (χ0v) is 13.1. The number of furan rings is 1. The molecule has 1 aromatic carbocycles. The van der Waals surface area contributed by atoms with E-state index in [0.29, 0.717) is 25.1 Å². The molecular formula is C18H17N3O3. The van der Waals surface area contributed by atoms with E-state index in [4.69, 9.17) is 9.68 Å². The Hall–Kier alpha value is -3.07. The van der Waals surface area contributed by atoms with E-state index >= 15 is 0 Å². The number of benzene rings is 1. The summed E-state index contributed by atoms with van der Waals surface area (Å²) in [7, 11) is 0. The average molecular weight is 323 g/mol. The molecule has 1 fully saturated rings. The first-order valence-corrected chi connectivity index (χ1v) is 7.80. The van der Waals surface area contributed by atoms with Crippen LogP contribution in [0.3, 0.4) is 0 Å². The zero-order chi connectivity index (χ0) is 16.9. The van der Waals surface area contributed by atoms with Crippen molar-refractivity contribution < 1.29 is 14.0 Å². The predicted octanol–water partition coefficient (Wildman–Crippen LogP) is 2.07. The highest BCUT2D eigenvalue weighted by molar-refractivity contribution is 5.95. The van der Waals surface area contributed by atoms with Crippen molar-refractivity contribution in [2.24, 2.45) is 0 Å². The van der Waals surface area contributed by atoms with Gasteiger partial charge >= 0.3 is 0 Å². The topological polar surface area (TPSA) is 86.3 Å². The number of nitrogens with zero attached hydrogens (tertiary/aromatic N) is 2. The summed E-state index contributed by atoms with van der Waals surface area (Å²) in [5.74, 6) is -0.199. The molecule has 3 rings (SSSR count). The lowest BCUT2D eigenvalue weighted by atomic mass is 10.1. The van der Waals surface area contributed by atoms with Crippen molar-refractivity contribution >= 4 is 11.8 Å². The van der Waals surface area contributed by atoms with Gasteiger partial charge in [-0.25, -0.2) is 0 Å². The Bertz CT molecular complexity index is 777. The molecule has 1 unspecified atom stereocenters. The van der Waals surface area contributed by atoms with Crippen molar-refractivity contribution in [1.29, 1.82) is 5.26 Å². The number of nitrogens with one attached hydrogen (secondary N) is 1. The first-order chi connectivity index (χ1) is 11.7. The smallest absolute Gasteiger partial charge is 0.290 e. The molecule has 1 aliphatic rings. The second kappa shape index (κ2) is 7.01. The number of hydrogen-bond acceptors (Lipinski definition) is 4. The van der Waals surface area contributed by atoms with Crippen molar-refractivity contribution in [2.75, 3.05) is 6.54 Å². The maximum atomic E-state index is 12.5. The molecule has 0 bridgehead atoms. The molecule has 24 heavy (non-hydrogen) atoms. The number of likely N-dealkylation sites (tertiary alicyclic amines) is 1. The third-order valence-corrected chi connectivity index (χ3v) is 4.07. The van der Waals surface area contributed by atoms with Crippen LogP contribution < -0.4 is 5.32 Å². The van der Waals surface area contributed by atoms with Crippen LogP contribution in [0.1, 0.15) is 34.5 Å². The molecule has 6 nitrogen and oxygen atoms in total. The van der Waals surface area contributed by atoms with Gasteiger partial charge in [0, 0.05) is 13.1 Å². The van der Waals surface area contributed by atoms with E-state index in [2.05, 4.69) is 11.4 Å². The van der Waals surface area contributed by atoms with Gasteiger partial charge in [0.15, 0.2) is 5.76 Å². The van der Waals surface area contributed by atoms with Gasteiger partial charge < -0.3 is 14.6 Å². The van der Waals surface area contributed by atoms with Gasteiger partial charge in [0.2, 0.25) is 5.91 Å². The SMILES string of the molecule is N#Cc1cccc(CNC(=O)C2CCCN2C(=O)c2ccco2)c1. The lowest BCUT2D eigenvalue weighted by Crippen LogP contribution is -2.45. The molecule has 1 saturated heterocycles. The van der Waals surface area contributed by atoms with Crippen LogP contribution in [-0.2, 0) is 11.3 Å². The highest BCUT2D eigenvalue weighted by Gasteiger charge is 2.35. The molecule has 0 radical (unpaired) electrons. The predicted molar refractivity (Wildman–Crippen MR) is 85.8 cm³/mol. The normalized spacial score (nSPS) is 16.6. The van der Waals surface area contributed by atoms with Gasteiger partial charge in [0.05, 0.1) is 17.9 Å². The van der Waals surface area contributed by atoms with Gasteiger partial charge in [-0.15, -0.1) is 0 Å². The maximum absolute atomic E-state index is 12.5. The third kappa shape index (κ3) is 3.30. The van der Waals surface area contributed by atoms with Gasteiger partial charge in [-0.05, 0) is 42.7 Å². The lowest BCUT2D eigenvalue weighted by Gasteiger charge is -2.23. The summed E-state index contributed by atoms with van der Waals surface area (Å²) < 4.78 is 5.14. The minimum Gasteiger partial charge on any atom is -0.459 e. The van der Waals surface area contributed by atoms with Crippen LogP contribution in [0.15, 0.2) is 47.1 Å². The Morgan fingerprint density at radius 2 is 2.21 bits per heavy atom. The monoisotopic (exact) mass is 323 g/mol. The van der Waals surface area contributed by atoms with Crippen molar-refractivity contribution in [2.45, 2.75) is 25.4 Å². The molecule has 6 heteroatoms. The molecule has 1 aromatic heterocycles. The van der Waals surface area contributed by atoms with Crippen molar-refractivity contribution in [3.63, 3.8) is 0 Å². The van der Waals surface area contributed by atoms with Gasteiger partial charge in [-0.1, -0.05) is 12.1 Å². The van der Waals surface area contributed by atoms with Crippen LogP contribution in [0, 0.1) is 11.3 Å². The first-order valence-electron chi connectivity index (χ1n) is 7.80. The number of carbonyl (C=O) groups is 2. The second-order valence-electron chi connectivity index (χ2n) is 5.66. The fourth-order valence-electron chi connectivity index (χ4n) is 2.88. The summed E-state index contributed by atoms with van der Waals surface area (Å²) in [5.41, 5.74) is 1.40. The molecule has 1 N–H and O–H groups in total. The fraction of sp³-hybridized carbons (Fsp3) is 0.278. The van der Waals surface area contributed by atoms with Gasteiger partial charge in [-0.2, -0.15) is 5.26 Å². The van der Waals surface area contributed by atoms with Gasteiger partial charge in [0.1, 0.15) is 6.04 Å². The molecule has 2 heterocycles. The molecule has 1 aliphatic heterocycles. The molecule has 0 spiro atoms. The van der Waals surface area contributed by atoms with Crippen LogP contribution >= 0.6 is 0 Å². The molecule has 122 valence electrons. The van der Waals surface area contributed by atoms with Crippen molar-refractivity contribution in [3.05, 3.63) is 59.5 Å². The number of nitriles is 1. The quantitative estimate of drug-likeness (QED) is 0.933. The summed E-state index contributed by atoms with van der Waals surface area (Å²) in [5, 5.41) is 11.8. The van der Waals surface area contributed by atoms with E-state index in [1.165, 1.54) is 6.26 Å². The van der Waals surface area contributed by atoms with Crippen LogP contribution in [0.4, 0.5) is 0 Å². The largest absolute Gasteiger partial charge is 0.459 e. The highest BCUT2D eigenvalue weighted by Crippen LogP contribution is 2.20. The molecule has 2 aromatic rings. The first kappa shape index (κ1) is 15.8. The van der Waals surface area contributed by atoms with E-state index in [1.54, 1.807) is 35.2 Å². The van der Waals surface area contributed by atoms with Crippen LogP contribution in [0.25, 0.3) is 0 Å². The summed E-state index contributed by atoms with van der Waals surface area (Å²) in [6.07, 6.45) is 2.87. The van der Waals surface area contributed by atoms with Crippen LogP contribution in [-0.4, -0.2) is 29.3 Å². The molecule has 1 atom stereocenters. The van der Waals surface area contributed by atoms with Crippen LogP contribution in [0.2, 0.25) is 0 Å². The van der Waals surface area contributed by atoms with E-state index in [-0.39, 0.29) is 17.6 Å². The molecule has 2 amide bonds. The van der Waals surface area contributed by atoms with E-state index in [9.17, 15) is 9.59 Å². The summed E-state index contributed by atoms with van der Waals surface area (Å²) >= 11 is 0. The highest BCUT2D eigenvalue weighted by atomic mass is 16.3. The Labute approximate surface area is 139 Å². The van der Waals surface area contributed by atoms with Gasteiger partial charge in [0.25, 0.3) is 5.91 Å². The summed E-state index contributed by atoms with van der Waals surface area (Å²) in [6.45, 7) is 0.870. The molecule has 0 saturated carbocycles. The Morgan fingerprint density at radius 1 is 1.33 bits per heavy atom. The average Bonchev–Trinajstić information content (AvgIpc) is 3.30. The standard InChI is InChI=1S/C18H17N3O3/c19-11-13-4-1-5-14(10-13)12-20-17(22)15-6-2-8-21(15)18(23)16-7-3-9-24-16/h1,3-5,7,9-10,15H,2,6,8,12H2,(H,20,22). The number of carbonyl (C=O) groups excluding carboxylic acids is 2. The summed E-state index contributed by atoms with van der Waals surface area (Å²) in [6, 6.07) is 11.9. The number of rotatable bonds is 4. The van der Waals surface area contributed by atoms with Crippen molar-refractivity contribution in [1.82, 2.24) is 10.2 Å². The number of hydrogen-bond donors (Lipinski definition) is 1. The zero-order valence-electron chi connectivity index (χ0n) is 13.1.